The van der Waals surface area contributed by atoms with Crippen molar-refractivity contribution in [3.63, 3.8) is 0 Å². The molecule has 1 aliphatic rings. The number of nitrogens with zero attached hydrogens (tertiary/aromatic N) is 4. The molecular formula is C14H20N6O2. The molecule has 2 aromatic heterocycles. The molecule has 2 aromatic rings. The number of ether oxygens (including phenoxy) is 2. The minimum Gasteiger partial charge on any atom is -0.472 e. The number of hydrogen-bond donors (Lipinski definition) is 2. The molecule has 0 bridgehead atoms. The molecule has 118 valence electrons. The molecular weight excluding hydrogens is 284 g/mol. The summed E-state index contributed by atoms with van der Waals surface area (Å²) in [6, 6.07) is 0. The van der Waals surface area contributed by atoms with Crippen molar-refractivity contribution in [2.75, 3.05) is 18.5 Å². The summed E-state index contributed by atoms with van der Waals surface area (Å²) < 4.78 is 11.4. The van der Waals surface area contributed by atoms with E-state index >= 15 is 0 Å². The van der Waals surface area contributed by atoms with E-state index in [1.807, 2.05) is 13.8 Å². The number of rotatable bonds is 6. The van der Waals surface area contributed by atoms with Crippen LogP contribution in [-0.2, 0) is 4.74 Å². The summed E-state index contributed by atoms with van der Waals surface area (Å²) >= 11 is 0. The van der Waals surface area contributed by atoms with Gasteiger partial charge in [0.25, 0.3) is 5.88 Å². The minimum atomic E-state index is -0.0684. The van der Waals surface area contributed by atoms with Crippen LogP contribution in [0.2, 0.25) is 0 Å². The first-order chi connectivity index (χ1) is 10.7. The molecule has 1 fully saturated rings. The summed E-state index contributed by atoms with van der Waals surface area (Å²) in [5.74, 6) is 2.23. The Morgan fingerprint density at radius 2 is 2.23 bits per heavy atom. The van der Waals surface area contributed by atoms with Gasteiger partial charge in [-0.3, -0.25) is 5.10 Å². The Labute approximate surface area is 128 Å². The predicted octanol–water partition coefficient (Wildman–Crippen LogP) is 1.57. The first-order valence-corrected chi connectivity index (χ1v) is 7.42. The van der Waals surface area contributed by atoms with E-state index in [1.165, 1.54) is 6.33 Å². The molecule has 0 amide bonds. The minimum absolute atomic E-state index is 0.0500. The number of aromatic nitrogens is 5. The van der Waals surface area contributed by atoms with E-state index < -0.39 is 0 Å². The summed E-state index contributed by atoms with van der Waals surface area (Å²) in [6.07, 6.45) is 5.71. The van der Waals surface area contributed by atoms with Crippen molar-refractivity contribution < 1.29 is 9.47 Å². The van der Waals surface area contributed by atoms with Gasteiger partial charge in [-0.1, -0.05) is 0 Å². The number of nitrogens with one attached hydrogen (secondary N) is 2. The SMILES string of the molecule is CC(C)Oc1nccnc1NC[C@@H]1CCO[C@@H]1c1ncn[nH]1. The molecule has 0 spiro atoms. The fourth-order valence-corrected chi connectivity index (χ4v) is 2.48. The Morgan fingerprint density at radius 1 is 1.36 bits per heavy atom. The highest BCUT2D eigenvalue weighted by atomic mass is 16.5. The third-order valence-electron chi connectivity index (χ3n) is 3.46. The number of hydrogen-bond acceptors (Lipinski definition) is 7. The molecule has 3 heterocycles. The maximum absolute atomic E-state index is 5.75. The average Bonchev–Trinajstić information content (AvgIpc) is 3.16. The van der Waals surface area contributed by atoms with Crippen molar-refractivity contribution in [1.29, 1.82) is 0 Å². The standard InChI is InChI=1S/C14H20N6O2/c1-9(2)22-14-13(15-4-5-16-14)17-7-10-3-6-21-11(10)12-18-8-19-20-12/h4-5,8-11H,3,6-7H2,1-2H3,(H,15,17)(H,18,19,20)/t10-,11-/m0/s1. The zero-order valence-corrected chi connectivity index (χ0v) is 12.7. The molecule has 0 saturated carbocycles. The first kappa shape index (κ1) is 14.7. The van der Waals surface area contributed by atoms with E-state index in [9.17, 15) is 0 Å². The van der Waals surface area contributed by atoms with Crippen molar-refractivity contribution in [2.24, 2.45) is 5.92 Å². The summed E-state index contributed by atoms with van der Waals surface area (Å²) in [5.41, 5.74) is 0. The van der Waals surface area contributed by atoms with Gasteiger partial charge in [-0.05, 0) is 20.3 Å². The van der Waals surface area contributed by atoms with Gasteiger partial charge in [-0.15, -0.1) is 0 Å². The van der Waals surface area contributed by atoms with Crippen molar-refractivity contribution in [1.82, 2.24) is 25.1 Å². The predicted molar refractivity (Wildman–Crippen MR) is 79.5 cm³/mol. The molecule has 2 N–H and O–H groups in total. The number of anilines is 1. The van der Waals surface area contributed by atoms with Crippen LogP contribution in [0.1, 0.15) is 32.2 Å². The molecule has 0 aliphatic carbocycles. The van der Waals surface area contributed by atoms with Crippen LogP contribution in [0.5, 0.6) is 5.88 Å². The number of H-pyrrole nitrogens is 1. The lowest BCUT2D eigenvalue weighted by Crippen LogP contribution is -2.20. The second-order valence-corrected chi connectivity index (χ2v) is 5.47. The lowest BCUT2D eigenvalue weighted by atomic mass is 10.0. The Kier molecular flexibility index (Phi) is 4.47. The Morgan fingerprint density at radius 3 is 3.00 bits per heavy atom. The monoisotopic (exact) mass is 304 g/mol. The third kappa shape index (κ3) is 3.33. The van der Waals surface area contributed by atoms with Crippen LogP contribution < -0.4 is 10.1 Å². The van der Waals surface area contributed by atoms with Crippen molar-refractivity contribution >= 4 is 5.82 Å². The Bertz CT molecular complexity index is 589. The summed E-state index contributed by atoms with van der Waals surface area (Å²) in [4.78, 5) is 12.7. The molecule has 0 radical (unpaired) electrons. The zero-order valence-electron chi connectivity index (χ0n) is 12.7. The van der Waals surface area contributed by atoms with Crippen LogP contribution in [0.25, 0.3) is 0 Å². The molecule has 2 atom stereocenters. The second-order valence-electron chi connectivity index (χ2n) is 5.47. The molecule has 1 saturated heterocycles. The van der Waals surface area contributed by atoms with Gasteiger partial charge < -0.3 is 14.8 Å². The quantitative estimate of drug-likeness (QED) is 0.836. The van der Waals surface area contributed by atoms with Gasteiger partial charge in [-0.25, -0.2) is 15.0 Å². The summed E-state index contributed by atoms with van der Waals surface area (Å²) in [7, 11) is 0. The zero-order chi connectivity index (χ0) is 15.4. The average molecular weight is 304 g/mol. The normalized spacial score (nSPS) is 21.2. The fourth-order valence-electron chi connectivity index (χ4n) is 2.48. The molecule has 1 aliphatic heterocycles. The van der Waals surface area contributed by atoms with Gasteiger partial charge in [0.2, 0.25) is 0 Å². The molecule has 0 unspecified atom stereocenters. The lowest BCUT2D eigenvalue weighted by Gasteiger charge is -2.18. The Hall–Kier alpha value is -2.22. The van der Waals surface area contributed by atoms with E-state index in [4.69, 9.17) is 9.47 Å². The fraction of sp³-hybridized carbons (Fsp3) is 0.571. The van der Waals surface area contributed by atoms with Crippen LogP contribution in [0.4, 0.5) is 5.82 Å². The van der Waals surface area contributed by atoms with E-state index in [0.717, 1.165) is 12.2 Å². The van der Waals surface area contributed by atoms with Crippen LogP contribution >= 0.6 is 0 Å². The van der Waals surface area contributed by atoms with Crippen LogP contribution in [0.15, 0.2) is 18.7 Å². The van der Waals surface area contributed by atoms with E-state index in [1.54, 1.807) is 12.4 Å². The van der Waals surface area contributed by atoms with E-state index in [-0.39, 0.29) is 12.2 Å². The smallest absolute Gasteiger partial charge is 0.257 e. The topological polar surface area (TPSA) is 97.8 Å². The second kappa shape index (κ2) is 6.69. The molecule has 0 aromatic carbocycles. The highest BCUT2D eigenvalue weighted by molar-refractivity contribution is 5.44. The highest BCUT2D eigenvalue weighted by Crippen LogP contribution is 2.33. The molecule has 22 heavy (non-hydrogen) atoms. The van der Waals surface area contributed by atoms with Crippen molar-refractivity contribution in [2.45, 2.75) is 32.5 Å². The molecule has 8 nitrogen and oxygen atoms in total. The van der Waals surface area contributed by atoms with Gasteiger partial charge in [0.1, 0.15) is 12.4 Å². The van der Waals surface area contributed by atoms with Gasteiger partial charge in [0.05, 0.1) is 6.10 Å². The third-order valence-corrected chi connectivity index (χ3v) is 3.46. The van der Waals surface area contributed by atoms with Gasteiger partial charge in [0.15, 0.2) is 11.6 Å². The lowest BCUT2D eigenvalue weighted by molar-refractivity contribution is 0.0864. The van der Waals surface area contributed by atoms with Gasteiger partial charge in [-0.2, -0.15) is 5.10 Å². The maximum atomic E-state index is 5.75. The maximum Gasteiger partial charge on any atom is 0.257 e. The summed E-state index contributed by atoms with van der Waals surface area (Å²) in [6.45, 7) is 5.35. The van der Waals surface area contributed by atoms with Crippen LogP contribution in [-0.4, -0.2) is 44.4 Å². The number of aromatic amines is 1. The van der Waals surface area contributed by atoms with Gasteiger partial charge in [0, 0.05) is 31.5 Å². The Balaban J connectivity index is 1.65. The highest BCUT2D eigenvalue weighted by Gasteiger charge is 2.31. The molecule has 8 heteroatoms. The van der Waals surface area contributed by atoms with Crippen LogP contribution in [0.3, 0.4) is 0 Å². The van der Waals surface area contributed by atoms with E-state index in [0.29, 0.717) is 30.8 Å². The van der Waals surface area contributed by atoms with Crippen LogP contribution in [0, 0.1) is 5.92 Å². The molecule has 3 rings (SSSR count). The first-order valence-electron chi connectivity index (χ1n) is 7.42. The van der Waals surface area contributed by atoms with E-state index in [2.05, 4.69) is 30.5 Å². The van der Waals surface area contributed by atoms with Crippen molar-refractivity contribution in [3.05, 3.63) is 24.5 Å². The summed E-state index contributed by atoms with van der Waals surface area (Å²) in [5, 5.41) is 10.1. The van der Waals surface area contributed by atoms with Gasteiger partial charge >= 0.3 is 0 Å². The largest absolute Gasteiger partial charge is 0.472 e. The van der Waals surface area contributed by atoms with Crippen molar-refractivity contribution in [3.8, 4) is 5.88 Å².